The van der Waals surface area contributed by atoms with E-state index in [9.17, 15) is 0 Å². The zero-order valence-corrected chi connectivity index (χ0v) is 16.3. The van der Waals surface area contributed by atoms with Crippen LogP contribution in [0.15, 0.2) is 24.4 Å². The van der Waals surface area contributed by atoms with Crippen LogP contribution in [-0.4, -0.2) is 44.4 Å². The largest absolute Gasteiger partial charge is 0.493 e. The Labute approximate surface area is 160 Å². The molecular formula is C20H26N4O3. The molecule has 0 unspecified atom stereocenters. The predicted molar refractivity (Wildman–Crippen MR) is 108 cm³/mol. The average molecular weight is 370 g/mol. The van der Waals surface area contributed by atoms with Crippen LogP contribution < -0.4 is 24.4 Å². The van der Waals surface area contributed by atoms with E-state index in [0.717, 1.165) is 43.0 Å². The van der Waals surface area contributed by atoms with E-state index in [1.54, 1.807) is 21.3 Å². The molecular weight excluding hydrogens is 344 g/mol. The number of aromatic nitrogens is 2. The lowest BCUT2D eigenvalue weighted by atomic mass is 10.2. The van der Waals surface area contributed by atoms with Gasteiger partial charge in [0, 0.05) is 42.7 Å². The van der Waals surface area contributed by atoms with E-state index in [0.29, 0.717) is 23.2 Å². The molecule has 0 radical (unpaired) electrons. The Morgan fingerprint density at radius 1 is 1.11 bits per heavy atom. The molecule has 1 aliphatic rings. The number of unbranched alkanes of at least 4 members (excludes halogenated alkanes) is 1. The molecule has 0 aliphatic carbocycles. The molecule has 1 aromatic carbocycles. The number of fused-ring (bicyclic) bond motifs is 1. The van der Waals surface area contributed by atoms with E-state index in [2.05, 4.69) is 34.3 Å². The molecule has 27 heavy (non-hydrogen) atoms. The minimum atomic E-state index is 0.528. The number of nitrogens with one attached hydrogen (secondary N) is 1. The topological polar surface area (TPSA) is 68.7 Å². The van der Waals surface area contributed by atoms with Crippen molar-refractivity contribution >= 4 is 23.5 Å². The van der Waals surface area contributed by atoms with Gasteiger partial charge in [-0.3, -0.25) is 0 Å². The van der Waals surface area contributed by atoms with Crippen molar-refractivity contribution in [1.29, 1.82) is 0 Å². The quantitative estimate of drug-likeness (QED) is 0.756. The van der Waals surface area contributed by atoms with E-state index in [1.165, 1.54) is 0 Å². The van der Waals surface area contributed by atoms with Gasteiger partial charge in [0.15, 0.2) is 11.5 Å². The Hall–Kier alpha value is -2.96. The van der Waals surface area contributed by atoms with E-state index < -0.39 is 0 Å². The van der Waals surface area contributed by atoms with E-state index >= 15 is 0 Å². The Kier molecular flexibility index (Phi) is 6.01. The second kappa shape index (κ2) is 8.62. The molecule has 7 heteroatoms. The fraction of sp³-hybridized carbons (Fsp3) is 0.400. The van der Waals surface area contributed by atoms with Crippen LogP contribution in [-0.2, 0) is 0 Å². The average Bonchev–Trinajstić information content (AvgIpc) is 2.71. The van der Waals surface area contributed by atoms with Gasteiger partial charge in [-0.25, -0.2) is 4.98 Å². The number of hydrogen-bond acceptors (Lipinski definition) is 7. The lowest BCUT2D eigenvalue weighted by Gasteiger charge is -2.27. The number of nitrogens with zero attached hydrogens (tertiary/aromatic N) is 3. The second-order valence-electron chi connectivity index (χ2n) is 6.21. The monoisotopic (exact) mass is 370 g/mol. The number of benzene rings is 1. The molecule has 0 saturated carbocycles. The molecule has 0 atom stereocenters. The molecule has 1 N–H and O–H groups in total. The highest BCUT2D eigenvalue weighted by atomic mass is 16.5. The smallest absolute Gasteiger partial charge is 0.229 e. The summed E-state index contributed by atoms with van der Waals surface area (Å²) in [5, 5.41) is 3.24. The van der Waals surface area contributed by atoms with Crippen molar-refractivity contribution in [1.82, 2.24) is 9.97 Å². The van der Waals surface area contributed by atoms with Crippen LogP contribution in [0.3, 0.4) is 0 Å². The predicted octanol–water partition coefficient (Wildman–Crippen LogP) is 3.88. The van der Waals surface area contributed by atoms with Gasteiger partial charge in [0.2, 0.25) is 11.7 Å². The summed E-state index contributed by atoms with van der Waals surface area (Å²) < 4.78 is 16.2. The van der Waals surface area contributed by atoms with E-state index in [-0.39, 0.29) is 0 Å². The molecule has 3 rings (SSSR count). The van der Waals surface area contributed by atoms with Crippen LogP contribution in [0.1, 0.15) is 25.3 Å². The maximum absolute atomic E-state index is 5.41. The van der Waals surface area contributed by atoms with Gasteiger partial charge in [-0.15, -0.1) is 0 Å². The standard InChI is InChI=1S/C20H26N4O3/c1-5-6-9-24-10-7-8-14-13-21-20(23-19(14)24)22-15-11-16(25-2)18(27-4)17(12-15)26-3/h7-8,11-13H,5-6,9-10H2,1-4H3,(H,21,22,23). The van der Waals surface area contributed by atoms with E-state index in [4.69, 9.17) is 19.2 Å². The van der Waals surface area contributed by atoms with Crippen molar-refractivity contribution in [2.75, 3.05) is 44.6 Å². The fourth-order valence-electron chi connectivity index (χ4n) is 3.04. The van der Waals surface area contributed by atoms with Crippen molar-refractivity contribution in [3.05, 3.63) is 30.0 Å². The Balaban J connectivity index is 1.89. The Morgan fingerprint density at radius 2 is 1.85 bits per heavy atom. The van der Waals surface area contributed by atoms with Crippen molar-refractivity contribution < 1.29 is 14.2 Å². The van der Waals surface area contributed by atoms with Gasteiger partial charge in [-0.05, 0) is 6.42 Å². The van der Waals surface area contributed by atoms with Gasteiger partial charge < -0.3 is 24.4 Å². The fourth-order valence-corrected chi connectivity index (χ4v) is 3.04. The number of rotatable bonds is 8. The summed E-state index contributed by atoms with van der Waals surface area (Å²) in [6.45, 7) is 4.04. The highest BCUT2D eigenvalue weighted by Crippen LogP contribution is 2.40. The number of ether oxygens (including phenoxy) is 3. The van der Waals surface area contributed by atoms with Crippen LogP contribution in [0.4, 0.5) is 17.5 Å². The zero-order valence-electron chi connectivity index (χ0n) is 16.3. The third kappa shape index (κ3) is 4.07. The molecule has 0 bridgehead atoms. The number of anilines is 3. The first-order chi connectivity index (χ1) is 13.2. The molecule has 1 aromatic heterocycles. The minimum absolute atomic E-state index is 0.528. The maximum Gasteiger partial charge on any atom is 0.229 e. The normalized spacial score (nSPS) is 12.5. The summed E-state index contributed by atoms with van der Waals surface area (Å²) >= 11 is 0. The lowest BCUT2D eigenvalue weighted by molar-refractivity contribution is 0.324. The zero-order chi connectivity index (χ0) is 19.2. The molecule has 2 aromatic rings. The summed E-state index contributed by atoms with van der Waals surface area (Å²) in [7, 11) is 4.77. The van der Waals surface area contributed by atoms with Gasteiger partial charge in [0.05, 0.1) is 21.3 Å². The maximum atomic E-state index is 5.41. The van der Waals surface area contributed by atoms with Crippen LogP contribution in [0.25, 0.3) is 6.08 Å². The minimum Gasteiger partial charge on any atom is -0.493 e. The molecule has 1 aliphatic heterocycles. The summed E-state index contributed by atoms with van der Waals surface area (Å²) in [5.41, 5.74) is 1.80. The summed E-state index contributed by atoms with van der Waals surface area (Å²) in [5.74, 6) is 3.18. The molecule has 0 amide bonds. The summed E-state index contributed by atoms with van der Waals surface area (Å²) in [6, 6.07) is 3.66. The van der Waals surface area contributed by atoms with Gasteiger partial charge in [0.25, 0.3) is 0 Å². The van der Waals surface area contributed by atoms with E-state index in [1.807, 2.05) is 18.3 Å². The number of methoxy groups -OCH3 is 3. The molecule has 7 nitrogen and oxygen atoms in total. The van der Waals surface area contributed by atoms with Gasteiger partial charge in [0.1, 0.15) is 5.82 Å². The van der Waals surface area contributed by atoms with Crippen LogP contribution in [0.2, 0.25) is 0 Å². The van der Waals surface area contributed by atoms with Crippen molar-refractivity contribution in [2.45, 2.75) is 19.8 Å². The highest BCUT2D eigenvalue weighted by molar-refractivity contribution is 5.70. The van der Waals surface area contributed by atoms with Crippen molar-refractivity contribution in [3.8, 4) is 17.2 Å². The molecule has 0 spiro atoms. The molecule has 0 fully saturated rings. The SMILES string of the molecule is CCCCN1CC=Cc2cnc(Nc3cc(OC)c(OC)c(OC)c3)nc21. The van der Waals surface area contributed by atoms with Crippen LogP contribution in [0, 0.1) is 0 Å². The number of hydrogen-bond donors (Lipinski definition) is 1. The first-order valence-corrected chi connectivity index (χ1v) is 9.05. The lowest BCUT2D eigenvalue weighted by Crippen LogP contribution is -2.28. The van der Waals surface area contributed by atoms with Crippen LogP contribution in [0.5, 0.6) is 17.2 Å². The summed E-state index contributed by atoms with van der Waals surface area (Å²) in [4.78, 5) is 11.5. The molecule has 0 saturated heterocycles. The summed E-state index contributed by atoms with van der Waals surface area (Å²) in [6.07, 6.45) is 8.34. The van der Waals surface area contributed by atoms with Gasteiger partial charge >= 0.3 is 0 Å². The highest BCUT2D eigenvalue weighted by Gasteiger charge is 2.17. The van der Waals surface area contributed by atoms with Crippen LogP contribution >= 0.6 is 0 Å². The second-order valence-corrected chi connectivity index (χ2v) is 6.21. The first-order valence-electron chi connectivity index (χ1n) is 9.05. The molecule has 144 valence electrons. The van der Waals surface area contributed by atoms with Gasteiger partial charge in [-0.1, -0.05) is 25.5 Å². The third-order valence-corrected chi connectivity index (χ3v) is 4.42. The first kappa shape index (κ1) is 18.8. The Morgan fingerprint density at radius 3 is 2.48 bits per heavy atom. The third-order valence-electron chi connectivity index (χ3n) is 4.42. The van der Waals surface area contributed by atoms with Crippen molar-refractivity contribution in [3.63, 3.8) is 0 Å². The van der Waals surface area contributed by atoms with Gasteiger partial charge in [-0.2, -0.15) is 4.98 Å². The Bertz CT molecular complexity index is 798. The molecule has 2 heterocycles. The van der Waals surface area contributed by atoms with Crippen molar-refractivity contribution in [2.24, 2.45) is 0 Å².